The fourth-order valence-electron chi connectivity index (χ4n) is 5.17. The van der Waals surface area contributed by atoms with E-state index in [0.29, 0.717) is 55.8 Å². The highest BCUT2D eigenvalue weighted by molar-refractivity contribution is 7.92. The number of anilines is 2. The van der Waals surface area contributed by atoms with Crippen LogP contribution in [-0.2, 0) is 21.3 Å². The number of aromatic nitrogens is 2. The Morgan fingerprint density at radius 3 is 2.46 bits per heavy atom. The molecule has 0 saturated carbocycles. The van der Waals surface area contributed by atoms with Crippen LogP contribution in [0.3, 0.4) is 0 Å². The van der Waals surface area contributed by atoms with E-state index in [1.165, 1.54) is 31.5 Å². The minimum Gasteiger partial charge on any atom is -0.480 e. The van der Waals surface area contributed by atoms with Crippen molar-refractivity contribution in [2.24, 2.45) is 0 Å². The summed E-state index contributed by atoms with van der Waals surface area (Å²) >= 11 is 0. The summed E-state index contributed by atoms with van der Waals surface area (Å²) in [6.45, 7) is 11.4. The van der Waals surface area contributed by atoms with Crippen LogP contribution < -0.4 is 14.4 Å². The van der Waals surface area contributed by atoms with Gasteiger partial charge in [-0.15, -0.1) is 0 Å². The third kappa shape index (κ3) is 6.95. The molecule has 5 rings (SSSR count). The van der Waals surface area contributed by atoms with Gasteiger partial charge in [0.15, 0.2) is 4.90 Å². The first-order valence-corrected chi connectivity index (χ1v) is 15.3. The molecule has 0 bridgehead atoms. The molecule has 2 aromatic heterocycles. The molecule has 0 spiro atoms. The van der Waals surface area contributed by atoms with Crippen molar-refractivity contribution >= 4 is 21.4 Å². The average molecular weight is 585 g/mol. The number of methoxy groups -OCH3 is 1. The maximum absolute atomic E-state index is 15.3. The number of pyridine rings is 2. The summed E-state index contributed by atoms with van der Waals surface area (Å²) in [7, 11) is -2.71. The van der Waals surface area contributed by atoms with Gasteiger partial charge in [-0.1, -0.05) is 6.07 Å². The number of hydrogen-bond acceptors (Lipinski definition) is 9. The number of morpholine rings is 1. The van der Waals surface area contributed by atoms with Gasteiger partial charge in [-0.3, -0.25) is 19.5 Å². The van der Waals surface area contributed by atoms with Crippen LogP contribution in [0.25, 0.3) is 11.3 Å². The second-order valence-corrected chi connectivity index (χ2v) is 12.2. The topological polar surface area (TPSA) is 100 Å². The van der Waals surface area contributed by atoms with Gasteiger partial charge in [-0.25, -0.2) is 17.8 Å². The number of sulfonamides is 1. The zero-order valence-corrected chi connectivity index (χ0v) is 24.5. The van der Waals surface area contributed by atoms with Gasteiger partial charge in [0.2, 0.25) is 5.88 Å². The number of hydrogen-bond donors (Lipinski definition) is 1. The number of rotatable bonds is 9. The van der Waals surface area contributed by atoms with Gasteiger partial charge in [0, 0.05) is 63.6 Å². The molecule has 0 atom stereocenters. The largest absolute Gasteiger partial charge is 0.480 e. The lowest BCUT2D eigenvalue weighted by Gasteiger charge is -2.36. The molecule has 2 aliphatic rings. The zero-order valence-electron chi connectivity index (χ0n) is 23.7. The van der Waals surface area contributed by atoms with Crippen LogP contribution in [0.4, 0.5) is 15.8 Å². The second-order valence-electron chi connectivity index (χ2n) is 10.6. The first kappa shape index (κ1) is 29.2. The Morgan fingerprint density at radius 2 is 1.78 bits per heavy atom. The molecule has 220 valence electrons. The summed E-state index contributed by atoms with van der Waals surface area (Å²) in [6.07, 6.45) is 3.04. The highest BCUT2D eigenvalue weighted by atomic mass is 32.2. The molecule has 0 radical (unpaired) electrons. The molecule has 4 heterocycles. The number of benzene rings is 1. The van der Waals surface area contributed by atoms with Gasteiger partial charge >= 0.3 is 0 Å². The second kappa shape index (κ2) is 12.7. The van der Waals surface area contributed by atoms with E-state index >= 15 is 4.39 Å². The summed E-state index contributed by atoms with van der Waals surface area (Å²) in [5.41, 5.74) is 2.43. The van der Waals surface area contributed by atoms with Crippen LogP contribution in [-0.4, -0.2) is 93.8 Å². The van der Waals surface area contributed by atoms with Crippen LogP contribution in [0.1, 0.15) is 19.4 Å². The molecule has 0 amide bonds. The Kier molecular flexibility index (Phi) is 9.03. The molecule has 12 heteroatoms. The van der Waals surface area contributed by atoms with E-state index in [4.69, 9.17) is 9.47 Å². The van der Waals surface area contributed by atoms with Crippen LogP contribution in [0.15, 0.2) is 53.7 Å². The van der Waals surface area contributed by atoms with Crippen molar-refractivity contribution in [1.29, 1.82) is 0 Å². The molecule has 3 aromatic rings. The Morgan fingerprint density at radius 1 is 1.02 bits per heavy atom. The standard InChI is InChI=1S/C29H37FN6O4S/c1-21(2)35-10-8-34(9-11-35)20-22-4-5-25(26(30)16-22)27-17-23(6-7-31-27)33-41(37,38)28-18-24(19-32-29(28)39-3)36-12-14-40-15-13-36/h4-7,16-19,21H,8-15,20H2,1-3H3,(H,31,33). The minimum atomic E-state index is -4.08. The van der Waals surface area contributed by atoms with Gasteiger partial charge in [0.05, 0.1) is 43.6 Å². The van der Waals surface area contributed by atoms with Gasteiger partial charge in [0.1, 0.15) is 5.82 Å². The highest BCUT2D eigenvalue weighted by Crippen LogP contribution is 2.30. The summed E-state index contributed by atoms with van der Waals surface area (Å²) < 4.78 is 55.4. The summed E-state index contributed by atoms with van der Waals surface area (Å²) in [4.78, 5) is 15.2. The SMILES string of the molecule is COc1ncc(N2CCOCC2)cc1S(=O)(=O)Nc1ccnc(-c2ccc(CN3CCN(C(C)C)CC3)cc2F)c1. The van der Waals surface area contributed by atoms with Crippen molar-refractivity contribution in [1.82, 2.24) is 19.8 Å². The summed E-state index contributed by atoms with van der Waals surface area (Å²) in [5.74, 6) is -0.420. The average Bonchev–Trinajstić information content (AvgIpc) is 2.97. The van der Waals surface area contributed by atoms with Gasteiger partial charge in [0.25, 0.3) is 10.0 Å². The maximum atomic E-state index is 15.3. The predicted molar refractivity (Wildman–Crippen MR) is 156 cm³/mol. The van der Waals surface area contributed by atoms with Gasteiger partial charge < -0.3 is 14.4 Å². The van der Waals surface area contributed by atoms with E-state index < -0.39 is 15.8 Å². The van der Waals surface area contributed by atoms with Gasteiger partial charge in [-0.05, 0) is 49.7 Å². The van der Waals surface area contributed by atoms with Crippen molar-refractivity contribution in [3.8, 4) is 17.1 Å². The van der Waals surface area contributed by atoms with Crippen molar-refractivity contribution in [3.05, 3.63) is 60.2 Å². The third-order valence-electron chi connectivity index (χ3n) is 7.53. The van der Waals surface area contributed by atoms with E-state index in [2.05, 4.69) is 38.3 Å². The van der Waals surface area contributed by atoms with Crippen LogP contribution in [0.5, 0.6) is 5.88 Å². The van der Waals surface area contributed by atoms with E-state index in [9.17, 15) is 8.42 Å². The lowest BCUT2D eigenvalue weighted by molar-refractivity contribution is 0.104. The molecule has 0 unspecified atom stereocenters. The highest BCUT2D eigenvalue weighted by Gasteiger charge is 2.24. The molecule has 41 heavy (non-hydrogen) atoms. The molecule has 0 aliphatic carbocycles. The first-order valence-electron chi connectivity index (χ1n) is 13.8. The lowest BCUT2D eigenvalue weighted by atomic mass is 10.1. The Labute approximate surface area is 241 Å². The van der Waals surface area contributed by atoms with Crippen molar-refractivity contribution in [3.63, 3.8) is 0 Å². The van der Waals surface area contributed by atoms with Crippen LogP contribution in [0, 0.1) is 5.82 Å². The number of nitrogens with zero attached hydrogens (tertiary/aromatic N) is 5. The number of halogens is 1. The minimum absolute atomic E-state index is 0.0176. The Balaban J connectivity index is 1.31. The summed E-state index contributed by atoms with van der Waals surface area (Å²) in [5, 5.41) is 0. The number of piperazine rings is 1. The van der Waals surface area contributed by atoms with E-state index in [1.807, 2.05) is 11.0 Å². The first-order chi connectivity index (χ1) is 19.7. The van der Waals surface area contributed by atoms with Crippen molar-refractivity contribution in [2.45, 2.75) is 31.3 Å². The molecule has 2 saturated heterocycles. The fraction of sp³-hybridized carbons (Fsp3) is 0.448. The molecule has 2 fully saturated rings. The van der Waals surface area contributed by atoms with Crippen molar-refractivity contribution < 1.29 is 22.3 Å². The predicted octanol–water partition coefficient (Wildman–Crippen LogP) is 3.45. The molecular weight excluding hydrogens is 547 g/mol. The van der Waals surface area contributed by atoms with E-state index in [1.54, 1.807) is 18.3 Å². The van der Waals surface area contributed by atoms with Crippen LogP contribution >= 0.6 is 0 Å². The summed E-state index contributed by atoms with van der Waals surface area (Å²) in [6, 6.07) is 10.3. The quantitative estimate of drug-likeness (QED) is 0.405. The molecular formula is C29H37FN6O4S. The van der Waals surface area contributed by atoms with Crippen molar-refractivity contribution in [2.75, 3.05) is 69.2 Å². The smallest absolute Gasteiger partial charge is 0.267 e. The fourth-order valence-corrected chi connectivity index (χ4v) is 6.36. The van der Waals surface area contributed by atoms with Gasteiger partial charge in [-0.2, -0.15) is 0 Å². The lowest BCUT2D eigenvalue weighted by Crippen LogP contribution is -2.48. The number of nitrogens with one attached hydrogen (secondary N) is 1. The third-order valence-corrected chi connectivity index (χ3v) is 8.90. The Hall–Kier alpha value is -3.32. The normalized spacial score (nSPS) is 17.1. The molecule has 1 aromatic carbocycles. The maximum Gasteiger partial charge on any atom is 0.267 e. The monoisotopic (exact) mass is 584 g/mol. The molecule has 2 aliphatic heterocycles. The number of ether oxygens (including phenoxy) is 2. The Bertz CT molecular complexity index is 1460. The van der Waals surface area contributed by atoms with E-state index in [-0.39, 0.29) is 16.5 Å². The van der Waals surface area contributed by atoms with Crippen LogP contribution in [0.2, 0.25) is 0 Å². The van der Waals surface area contributed by atoms with E-state index in [0.717, 1.165) is 31.7 Å². The molecule has 10 nitrogen and oxygen atoms in total. The molecule has 1 N–H and O–H groups in total. The zero-order chi connectivity index (χ0) is 29.0.